The Balaban J connectivity index is 0.00000182. The normalized spacial score (nSPS) is 18.6. The Morgan fingerprint density at radius 2 is 1.64 bits per heavy atom. The summed E-state index contributed by atoms with van der Waals surface area (Å²) in [6.45, 7) is 2.62. The fraction of sp³-hybridized carbons (Fsp3) is 0.190. The van der Waals surface area contributed by atoms with Crippen LogP contribution in [0.25, 0.3) is 0 Å². The maximum atomic E-state index is 11.4. The standard InChI is InChI=1S/C21H21N2O.BrH/c1-17-10-12-18(13-11-17)15-21(24)16-22(19-7-3-2-4-8-19)20-9-5-6-14-23(20)21;/h2-14,24H,15-16H2,1H3;1H/q+1;/p-1. The smallest absolute Gasteiger partial charge is 0.284 e. The third kappa shape index (κ3) is 3.32. The Morgan fingerprint density at radius 1 is 0.960 bits per heavy atom. The second-order valence-corrected chi connectivity index (χ2v) is 6.50. The summed E-state index contributed by atoms with van der Waals surface area (Å²) in [6.07, 6.45) is 2.55. The summed E-state index contributed by atoms with van der Waals surface area (Å²) in [7, 11) is 0. The number of aryl methyl sites for hydroxylation is 1. The number of aliphatic hydroxyl groups is 1. The number of pyridine rings is 1. The average molecular weight is 397 g/mol. The van der Waals surface area contributed by atoms with E-state index in [1.165, 1.54) is 5.56 Å². The van der Waals surface area contributed by atoms with E-state index >= 15 is 0 Å². The zero-order chi connectivity index (χ0) is 16.6. The van der Waals surface area contributed by atoms with Gasteiger partial charge in [0.05, 0.1) is 6.20 Å². The van der Waals surface area contributed by atoms with Crippen LogP contribution in [0.3, 0.4) is 0 Å². The highest BCUT2D eigenvalue weighted by atomic mass is 79.9. The number of hydrogen-bond acceptors (Lipinski definition) is 2. The number of fused-ring (bicyclic) bond motifs is 1. The van der Waals surface area contributed by atoms with Crippen LogP contribution >= 0.6 is 0 Å². The minimum atomic E-state index is -0.957. The molecule has 0 saturated carbocycles. The van der Waals surface area contributed by atoms with Gasteiger partial charge in [-0.2, -0.15) is 0 Å². The molecule has 2 aromatic carbocycles. The van der Waals surface area contributed by atoms with Crippen LogP contribution in [-0.2, 0) is 12.1 Å². The lowest BCUT2D eigenvalue weighted by molar-refractivity contribution is -0.782. The molecule has 0 radical (unpaired) electrons. The number of benzene rings is 2. The number of aromatic nitrogens is 1. The van der Waals surface area contributed by atoms with Crippen molar-refractivity contribution in [2.75, 3.05) is 11.4 Å². The van der Waals surface area contributed by atoms with Gasteiger partial charge in [0.15, 0.2) is 6.54 Å². The fourth-order valence-electron chi connectivity index (χ4n) is 3.42. The minimum Gasteiger partial charge on any atom is -1.00 e. The second kappa shape index (κ2) is 6.98. The molecule has 2 heterocycles. The molecule has 4 heteroatoms. The zero-order valence-electron chi connectivity index (χ0n) is 14.1. The molecule has 0 saturated heterocycles. The predicted octanol–water partition coefficient (Wildman–Crippen LogP) is 0.326. The number of anilines is 2. The Morgan fingerprint density at radius 3 is 2.36 bits per heavy atom. The van der Waals surface area contributed by atoms with Crippen LogP contribution in [-0.4, -0.2) is 11.7 Å². The van der Waals surface area contributed by atoms with E-state index < -0.39 is 5.72 Å². The molecule has 0 bridgehead atoms. The molecule has 1 aliphatic heterocycles. The van der Waals surface area contributed by atoms with Crippen LogP contribution in [0.1, 0.15) is 11.1 Å². The quantitative estimate of drug-likeness (QED) is 0.645. The maximum absolute atomic E-state index is 11.4. The second-order valence-electron chi connectivity index (χ2n) is 6.50. The molecular formula is C21H21BrN2O. The van der Waals surface area contributed by atoms with Gasteiger partial charge >= 0.3 is 0 Å². The van der Waals surface area contributed by atoms with Gasteiger partial charge in [-0.3, -0.25) is 0 Å². The van der Waals surface area contributed by atoms with E-state index in [4.69, 9.17) is 0 Å². The van der Waals surface area contributed by atoms with Gasteiger partial charge in [-0.1, -0.05) is 54.1 Å². The molecule has 128 valence electrons. The van der Waals surface area contributed by atoms with Crippen LogP contribution in [0.2, 0.25) is 0 Å². The number of rotatable bonds is 3. The average Bonchev–Trinajstić information content (AvgIpc) is 2.91. The summed E-state index contributed by atoms with van der Waals surface area (Å²) in [5, 5.41) is 11.4. The summed E-state index contributed by atoms with van der Waals surface area (Å²) in [6, 6.07) is 24.7. The van der Waals surface area contributed by atoms with Gasteiger partial charge in [0.2, 0.25) is 0 Å². The van der Waals surface area contributed by atoms with Crippen LogP contribution in [0.4, 0.5) is 11.5 Å². The fourth-order valence-corrected chi connectivity index (χ4v) is 3.42. The van der Waals surface area contributed by atoms with Gasteiger partial charge in [0.25, 0.3) is 11.5 Å². The molecule has 0 aliphatic carbocycles. The topological polar surface area (TPSA) is 27.3 Å². The summed E-state index contributed by atoms with van der Waals surface area (Å²) in [5.41, 5.74) is 2.51. The molecule has 3 nitrogen and oxygen atoms in total. The lowest BCUT2D eigenvalue weighted by atomic mass is 10.0. The molecule has 1 aromatic heterocycles. The van der Waals surface area contributed by atoms with Crippen molar-refractivity contribution in [3.8, 4) is 0 Å². The first-order valence-corrected chi connectivity index (χ1v) is 8.27. The van der Waals surface area contributed by atoms with Crippen LogP contribution < -0.4 is 26.4 Å². The number of β-amino-alcohol motifs (C(OH)–C–C–N with tert-alkyl or cyclic N) is 1. The number of nitrogens with zero attached hydrogens (tertiary/aromatic N) is 2. The SMILES string of the molecule is Cc1ccc(CC2(O)CN(c3ccccc3)c3cccc[n+]32)cc1.[Br-]. The Kier molecular flexibility index (Phi) is 4.93. The highest BCUT2D eigenvalue weighted by molar-refractivity contribution is 5.59. The lowest BCUT2D eigenvalue weighted by Gasteiger charge is -2.19. The summed E-state index contributed by atoms with van der Waals surface area (Å²) >= 11 is 0. The molecule has 25 heavy (non-hydrogen) atoms. The van der Waals surface area contributed by atoms with E-state index in [9.17, 15) is 5.11 Å². The third-order valence-corrected chi connectivity index (χ3v) is 4.65. The summed E-state index contributed by atoms with van der Waals surface area (Å²) in [4.78, 5) is 2.17. The van der Waals surface area contributed by atoms with Crippen molar-refractivity contribution < 1.29 is 26.7 Å². The molecule has 0 spiro atoms. The van der Waals surface area contributed by atoms with E-state index in [1.807, 2.05) is 41.1 Å². The van der Waals surface area contributed by atoms with Gasteiger partial charge in [0.1, 0.15) is 5.69 Å². The van der Waals surface area contributed by atoms with Gasteiger partial charge in [0, 0.05) is 12.5 Å². The van der Waals surface area contributed by atoms with E-state index in [2.05, 4.69) is 54.3 Å². The Hall–Kier alpha value is -2.17. The maximum Gasteiger partial charge on any atom is 0.284 e. The highest BCUT2D eigenvalue weighted by Gasteiger charge is 2.48. The monoisotopic (exact) mass is 396 g/mol. The first-order valence-electron chi connectivity index (χ1n) is 8.27. The highest BCUT2D eigenvalue weighted by Crippen LogP contribution is 2.32. The van der Waals surface area contributed by atoms with Crippen molar-refractivity contribution in [2.24, 2.45) is 0 Å². The molecule has 3 aromatic rings. The van der Waals surface area contributed by atoms with Crippen molar-refractivity contribution in [3.05, 3.63) is 90.1 Å². The minimum absolute atomic E-state index is 0. The molecule has 1 N–H and O–H groups in total. The summed E-state index contributed by atoms with van der Waals surface area (Å²) < 4.78 is 1.99. The van der Waals surface area contributed by atoms with Crippen LogP contribution in [0, 0.1) is 6.92 Å². The molecule has 4 rings (SSSR count). The van der Waals surface area contributed by atoms with Crippen molar-refractivity contribution in [2.45, 2.75) is 19.1 Å². The lowest BCUT2D eigenvalue weighted by Crippen LogP contribution is -3.00. The van der Waals surface area contributed by atoms with Gasteiger partial charge < -0.3 is 22.1 Å². The van der Waals surface area contributed by atoms with Crippen molar-refractivity contribution >= 4 is 11.5 Å². The first kappa shape index (κ1) is 17.6. The van der Waals surface area contributed by atoms with Crippen molar-refractivity contribution in [1.82, 2.24) is 0 Å². The molecule has 1 unspecified atom stereocenters. The molecular weight excluding hydrogens is 376 g/mol. The Labute approximate surface area is 158 Å². The van der Waals surface area contributed by atoms with Crippen molar-refractivity contribution in [1.29, 1.82) is 0 Å². The zero-order valence-corrected chi connectivity index (χ0v) is 15.7. The summed E-state index contributed by atoms with van der Waals surface area (Å²) in [5.74, 6) is 1.01. The van der Waals surface area contributed by atoms with Crippen LogP contribution in [0.5, 0.6) is 0 Å². The Bertz CT molecular complexity index is 851. The largest absolute Gasteiger partial charge is 1.00 e. The van der Waals surface area contributed by atoms with E-state index in [0.717, 1.165) is 17.1 Å². The number of halogens is 1. The van der Waals surface area contributed by atoms with Gasteiger partial charge in [-0.15, -0.1) is 0 Å². The molecule has 1 aliphatic rings. The number of para-hydroxylation sites is 1. The third-order valence-electron chi connectivity index (χ3n) is 4.65. The van der Waals surface area contributed by atoms with Gasteiger partial charge in [-0.05, 0) is 30.7 Å². The molecule has 0 amide bonds. The number of hydrogen-bond donors (Lipinski definition) is 1. The molecule has 0 fully saturated rings. The van der Waals surface area contributed by atoms with E-state index in [0.29, 0.717) is 13.0 Å². The van der Waals surface area contributed by atoms with Crippen molar-refractivity contribution in [3.63, 3.8) is 0 Å². The van der Waals surface area contributed by atoms with E-state index in [-0.39, 0.29) is 17.0 Å². The predicted molar refractivity (Wildman–Crippen MR) is 95.2 cm³/mol. The molecule has 1 atom stereocenters. The van der Waals surface area contributed by atoms with E-state index in [1.54, 1.807) is 0 Å². The van der Waals surface area contributed by atoms with Crippen LogP contribution in [0.15, 0.2) is 79.0 Å². The van der Waals surface area contributed by atoms with Gasteiger partial charge in [-0.25, -0.2) is 9.47 Å². The first-order chi connectivity index (χ1) is 11.7.